The molecule has 0 radical (unpaired) electrons. The molecule has 0 spiro atoms. The third-order valence-electron chi connectivity index (χ3n) is 11.8. The average molecular weight is 1010 g/mol. The first kappa shape index (κ1) is 68.3. The molecule has 1 atom stereocenters. The Labute approximate surface area is 448 Å². The maximum absolute atomic E-state index is 12.9. The highest BCUT2D eigenvalue weighted by Gasteiger charge is 2.19. The van der Waals surface area contributed by atoms with Crippen molar-refractivity contribution in [3.8, 4) is 0 Å². The molecule has 6 nitrogen and oxygen atoms in total. The third-order valence-corrected chi connectivity index (χ3v) is 11.8. The topological polar surface area (TPSA) is 78.9 Å². The molecule has 0 bridgehead atoms. The molecule has 0 rings (SSSR count). The van der Waals surface area contributed by atoms with Gasteiger partial charge >= 0.3 is 17.9 Å². The smallest absolute Gasteiger partial charge is 0.306 e. The normalized spacial score (nSPS) is 13.2. The van der Waals surface area contributed by atoms with Crippen molar-refractivity contribution in [2.45, 2.75) is 245 Å². The van der Waals surface area contributed by atoms with Crippen LogP contribution in [0.2, 0.25) is 0 Å². The van der Waals surface area contributed by atoms with Gasteiger partial charge in [-0.25, -0.2) is 0 Å². The Balaban J connectivity index is 4.61. The second kappa shape index (κ2) is 59.8. The van der Waals surface area contributed by atoms with Crippen molar-refractivity contribution < 1.29 is 28.6 Å². The molecule has 0 aromatic rings. The summed E-state index contributed by atoms with van der Waals surface area (Å²) in [5, 5.41) is 0. The van der Waals surface area contributed by atoms with Crippen LogP contribution in [-0.2, 0) is 28.6 Å². The van der Waals surface area contributed by atoms with E-state index in [1.54, 1.807) is 0 Å². The summed E-state index contributed by atoms with van der Waals surface area (Å²) in [7, 11) is 0. The Bertz CT molecular complexity index is 1630. The molecule has 0 fully saturated rings. The number of carbonyl (C=O) groups is 3. The van der Waals surface area contributed by atoms with Crippen molar-refractivity contribution in [1.29, 1.82) is 0 Å². The minimum absolute atomic E-state index is 0.138. The molecule has 0 aromatic heterocycles. The van der Waals surface area contributed by atoms with Gasteiger partial charge in [0.05, 0.1) is 0 Å². The largest absolute Gasteiger partial charge is 0.462 e. The van der Waals surface area contributed by atoms with E-state index in [9.17, 15) is 14.4 Å². The monoisotopic (exact) mass is 1010 g/mol. The van der Waals surface area contributed by atoms with Crippen LogP contribution in [0.15, 0.2) is 146 Å². The summed E-state index contributed by atoms with van der Waals surface area (Å²) in [6, 6.07) is 0. The summed E-state index contributed by atoms with van der Waals surface area (Å²) in [5.74, 6) is -1.08. The number of hydrogen-bond acceptors (Lipinski definition) is 6. The molecular formula is C67H106O6. The Hall–Kier alpha value is -4.71. The van der Waals surface area contributed by atoms with E-state index in [4.69, 9.17) is 14.2 Å². The first-order chi connectivity index (χ1) is 36.0. The Morgan fingerprint density at radius 1 is 0.288 bits per heavy atom. The number of carbonyl (C=O) groups excluding carboxylic acids is 3. The molecule has 0 amide bonds. The molecule has 410 valence electrons. The van der Waals surface area contributed by atoms with Crippen molar-refractivity contribution >= 4 is 17.9 Å². The van der Waals surface area contributed by atoms with Gasteiger partial charge in [0, 0.05) is 19.3 Å². The molecule has 0 aromatic carbocycles. The number of allylic oxidation sites excluding steroid dienone is 24. The van der Waals surface area contributed by atoms with Crippen LogP contribution < -0.4 is 0 Å². The van der Waals surface area contributed by atoms with Gasteiger partial charge in [-0.1, -0.05) is 237 Å². The second-order valence-electron chi connectivity index (χ2n) is 18.8. The summed E-state index contributed by atoms with van der Waals surface area (Å²) in [6.45, 7) is 6.35. The fourth-order valence-electron chi connectivity index (χ4n) is 7.43. The summed E-state index contributed by atoms with van der Waals surface area (Å²) in [5.41, 5.74) is 0. The number of unbranched alkanes of at least 4 members (excludes halogenated alkanes) is 16. The van der Waals surface area contributed by atoms with Crippen LogP contribution >= 0.6 is 0 Å². The highest BCUT2D eigenvalue weighted by Crippen LogP contribution is 2.13. The lowest BCUT2D eigenvalue weighted by Gasteiger charge is -2.18. The van der Waals surface area contributed by atoms with Gasteiger partial charge in [0.1, 0.15) is 13.2 Å². The predicted molar refractivity (Wildman–Crippen MR) is 315 cm³/mol. The van der Waals surface area contributed by atoms with Crippen molar-refractivity contribution in [3.63, 3.8) is 0 Å². The minimum Gasteiger partial charge on any atom is -0.462 e. The quantitative estimate of drug-likeness (QED) is 0.0261. The van der Waals surface area contributed by atoms with E-state index in [-0.39, 0.29) is 50.4 Å². The summed E-state index contributed by atoms with van der Waals surface area (Å²) in [4.78, 5) is 38.2. The van der Waals surface area contributed by atoms with E-state index in [0.717, 1.165) is 89.9 Å². The van der Waals surface area contributed by atoms with Gasteiger partial charge in [0.2, 0.25) is 0 Å². The molecule has 0 unspecified atom stereocenters. The molecule has 73 heavy (non-hydrogen) atoms. The van der Waals surface area contributed by atoms with Crippen LogP contribution in [-0.4, -0.2) is 37.2 Å². The lowest BCUT2D eigenvalue weighted by molar-refractivity contribution is -0.166. The van der Waals surface area contributed by atoms with Crippen LogP contribution in [0.4, 0.5) is 0 Å². The minimum atomic E-state index is -0.841. The molecule has 0 heterocycles. The van der Waals surface area contributed by atoms with Gasteiger partial charge in [-0.2, -0.15) is 0 Å². The number of esters is 3. The van der Waals surface area contributed by atoms with Gasteiger partial charge in [-0.3, -0.25) is 14.4 Å². The second-order valence-corrected chi connectivity index (χ2v) is 18.8. The van der Waals surface area contributed by atoms with Crippen molar-refractivity contribution in [2.24, 2.45) is 0 Å². The molecule has 0 aliphatic heterocycles. The zero-order chi connectivity index (χ0) is 52.9. The molecule has 0 saturated heterocycles. The summed E-state index contributed by atoms with van der Waals surface area (Å²) >= 11 is 0. The van der Waals surface area contributed by atoms with Crippen LogP contribution in [0, 0.1) is 0 Å². The van der Waals surface area contributed by atoms with Gasteiger partial charge in [0.25, 0.3) is 0 Å². The zero-order valence-electron chi connectivity index (χ0n) is 46.8. The molecule has 0 aliphatic rings. The first-order valence-electron chi connectivity index (χ1n) is 29.3. The van der Waals surface area contributed by atoms with E-state index < -0.39 is 6.10 Å². The first-order valence-corrected chi connectivity index (χ1v) is 29.3. The van der Waals surface area contributed by atoms with Crippen LogP contribution in [0.3, 0.4) is 0 Å². The molecule has 0 aliphatic carbocycles. The van der Waals surface area contributed by atoms with E-state index in [1.165, 1.54) is 96.3 Å². The summed E-state index contributed by atoms with van der Waals surface area (Å²) < 4.78 is 16.8. The highest BCUT2D eigenvalue weighted by atomic mass is 16.6. The standard InChI is InChI=1S/C67H106O6/c1-4-7-10-13-16-19-22-25-28-31-33-36-39-42-45-48-51-54-57-60-66(69)72-63-64(62-71-65(68)59-56-53-50-47-44-41-38-35-30-27-24-21-18-15-12-9-6-3)73-67(70)61-58-55-52-49-46-43-40-37-34-32-29-26-23-20-17-14-11-8-5-2/h9,12,16-21,25-30,33,36,38,41-42,45,47,50-51,54,64H,4-8,10-11,13-15,22-24,31-32,34-35,37,39-40,43-44,46,48-49,52-53,55-63H2,1-3H3/b12-9-,19-16-,20-17-,21-18-,28-25-,29-26-,30-27-,36-33-,41-38-,45-42-,50-47-,54-51-/t64-/m1/s1. The summed E-state index contributed by atoms with van der Waals surface area (Å²) in [6.07, 6.45) is 85.6. The Morgan fingerprint density at radius 3 is 0.959 bits per heavy atom. The highest BCUT2D eigenvalue weighted by molar-refractivity contribution is 5.71. The predicted octanol–water partition coefficient (Wildman–Crippen LogP) is 20.0. The van der Waals surface area contributed by atoms with Gasteiger partial charge in [-0.15, -0.1) is 0 Å². The van der Waals surface area contributed by atoms with Gasteiger partial charge < -0.3 is 14.2 Å². The van der Waals surface area contributed by atoms with Gasteiger partial charge in [0.15, 0.2) is 6.10 Å². The van der Waals surface area contributed by atoms with Crippen LogP contribution in [0.5, 0.6) is 0 Å². The van der Waals surface area contributed by atoms with E-state index in [2.05, 4.69) is 161 Å². The van der Waals surface area contributed by atoms with Gasteiger partial charge in [-0.05, 0) is 128 Å². The lowest BCUT2D eigenvalue weighted by atomic mass is 10.1. The number of hydrogen-bond donors (Lipinski definition) is 0. The maximum Gasteiger partial charge on any atom is 0.306 e. The maximum atomic E-state index is 12.9. The van der Waals surface area contributed by atoms with Crippen LogP contribution in [0.25, 0.3) is 0 Å². The zero-order valence-corrected chi connectivity index (χ0v) is 46.8. The molecule has 0 saturated carbocycles. The van der Waals surface area contributed by atoms with Crippen LogP contribution in [0.1, 0.15) is 239 Å². The molecular weight excluding hydrogens is 901 g/mol. The third kappa shape index (κ3) is 58.1. The molecule has 0 N–H and O–H groups in total. The van der Waals surface area contributed by atoms with Crippen molar-refractivity contribution in [1.82, 2.24) is 0 Å². The van der Waals surface area contributed by atoms with E-state index in [1.807, 2.05) is 6.08 Å². The number of rotatable bonds is 51. The van der Waals surface area contributed by atoms with E-state index in [0.29, 0.717) is 12.8 Å². The average Bonchev–Trinajstić information content (AvgIpc) is 3.39. The Morgan fingerprint density at radius 2 is 0.575 bits per heavy atom. The molecule has 6 heteroatoms. The van der Waals surface area contributed by atoms with Crippen molar-refractivity contribution in [2.75, 3.05) is 13.2 Å². The number of ether oxygens (including phenoxy) is 3. The van der Waals surface area contributed by atoms with Crippen molar-refractivity contribution in [3.05, 3.63) is 146 Å². The van der Waals surface area contributed by atoms with E-state index >= 15 is 0 Å². The SMILES string of the molecule is CC/C=C\C/C=C\C/C=C\C/C=C\C/C=C\CCCC(=O)OC[C@H](COC(=O)CC/C=C\C/C=C\C/C=C\C/C=C\C/C=C\CCCCC)OC(=O)CCCCCCCCCCC/C=C\C/C=C\CCCCC. The fraction of sp³-hybridized carbons (Fsp3) is 0.597. The lowest BCUT2D eigenvalue weighted by Crippen LogP contribution is -2.30. The fourth-order valence-corrected chi connectivity index (χ4v) is 7.43. The Kier molecular flexibility index (Phi) is 56.0.